The van der Waals surface area contributed by atoms with Crippen molar-refractivity contribution in [2.24, 2.45) is 17.3 Å². The fourth-order valence-corrected chi connectivity index (χ4v) is 4.07. The molecule has 0 unspecified atom stereocenters. The second-order valence-corrected chi connectivity index (χ2v) is 7.13. The molecule has 0 atom stereocenters. The molecule has 1 saturated carbocycles. The number of hydrogen-bond acceptors (Lipinski definition) is 2. The molecule has 2 N–H and O–H groups in total. The van der Waals surface area contributed by atoms with Crippen molar-refractivity contribution in [3.63, 3.8) is 0 Å². The van der Waals surface area contributed by atoms with Crippen molar-refractivity contribution < 1.29 is 0 Å². The summed E-state index contributed by atoms with van der Waals surface area (Å²) in [4.78, 5) is 0. The second-order valence-electron chi connectivity index (χ2n) is 7.13. The Kier molecular flexibility index (Phi) is 7.71. The van der Waals surface area contributed by atoms with Gasteiger partial charge < -0.3 is 10.6 Å². The lowest BCUT2D eigenvalue weighted by molar-refractivity contribution is 0.216. The van der Waals surface area contributed by atoms with Crippen LogP contribution in [0.25, 0.3) is 0 Å². The van der Waals surface area contributed by atoms with Crippen molar-refractivity contribution in [2.75, 3.05) is 26.2 Å². The molecule has 2 rings (SSSR count). The molecule has 2 fully saturated rings. The van der Waals surface area contributed by atoms with Crippen LogP contribution in [0.4, 0.5) is 0 Å². The molecule has 1 aliphatic carbocycles. The largest absolute Gasteiger partial charge is 0.317 e. The molecule has 0 aromatic rings. The van der Waals surface area contributed by atoms with Crippen LogP contribution < -0.4 is 10.6 Å². The summed E-state index contributed by atoms with van der Waals surface area (Å²) in [5.74, 6) is 1.77. The van der Waals surface area contributed by atoms with Gasteiger partial charge in [-0.05, 0) is 69.0 Å². The number of hydrogen-bond donors (Lipinski definition) is 2. The van der Waals surface area contributed by atoms with Gasteiger partial charge in [0.15, 0.2) is 0 Å². The van der Waals surface area contributed by atoms with Crippen molar-refractivity contribution in [3.05, 3.63) is 0 Å². The van der Waals surface area contributed by atoms with Gasteiger partial charge in [0, 0.05) is 6.54 Å². The van der Waals surface area contributed by atoms with Gasteiger partial charge in [-0.25, -0.2) is 0 Å². The Balaban J connectivity index is 0.00000180. The summed E-state index contributed by atoms with van der Waals surface area (Å²) >= 11 is 0. The SMILES string of the molecule is CC(C)CC1(CNCC2CCNCC2)CCCC1.Cl. The van der Waals surface area contributed by atoms with Gasteiger partial charge >= 0.3 is 0 Å². The first-order chi connectivity index (χ1) is 8.70. The topological polar surface area (TPSA) is 24.1 Å². The Morgan fingerprint density at radius 2 is 1.79 bits per heavy atom. The Labute approximate surface area is 125 Å². The minimum atomic E-state index is 0. The van der Waals surface area contributed by atoms with Crippen LogP contribution in [0.5, 0.6) is 0 Å². The summed E-state index contributed by atoms with van der Waals surface area (Å²) in [7, 11) is 0. The third-order valence-corrected chi connectivity index (χ3v) is 4.90. The lowest BCUT2D eigenvalue weighted by Gasteiger charge is -2.32. The molecule has 0 aromatic carbocycles. The van der Waals surface area contributed by atoms with E-state index in [9.17, 15) is 0 Å². The average molecular weight is 289 g/mol. The minimum Gasteiger partial charge on any atom is -0.317 e. The Morgan fingerprint density at radius 1 is 1.16 bits per heavy atom. The molecule has 19 heavy (non-hydrogen) atoms. The number of halogens is 1. The van der Waals surface area contributed by atoms with Gasteiger partial charge in [-0.15, -0.1) is 12.4 Å². The fraction of sp³-hybridized carbons (Fsp3) is 1.00. The molecule has 1 heterocycles. The molecule has 1 saturated heterocycles. The highest BCUT2D eigenvalue weighted by Crippen LogP contribution is 2.42. The quantitative estimate of drug-likeness (QED) is 0.780. The summed E-state index contributed by atoms with van der Waals surface area (Å²) in [5.41, 5.74) is 0.640. The smallest absolute Gasteiger partial charge is 0.000802 e. The predicted octanol–water partition coefficient (Wildman–Crippen LogP) is 3.60. The third kappa shape index (κ3) is 5.61. The summed E-state index contributed by atoms with van der Waals surface area (Å²) in [5, 5.41) is 7.27. The zero-order chi connectivity index (χ0) is 12.8. The summed E-state index contributed by atoms with van der Waals surface area (Å²) < 4.78 is 0. The number of rotatable bonds is 6. The highest BCUT2D eigenvalue weighted by molar-refractivity contribution is 5.85. The van der Waals surface area contributed by atoms with Crippen molar-refractivity contribution in [2.45, 2.75) is 58.8 Å². The van der Waals surface area contributed by atoms with E-state index in [0.29, 0.717) is 5.41 Å². The van der Waals surface area contributed by atoms with E-state index < -0.39 is 0 Å². The van der Waals surface area contributed by atoms with E-state index in [4.69, 9.17) is 0 Å². The van der Waals surface area contributed by atoms with Crippen molar-refractivity contribution in [1.82, 2.24) is 10.6 Å². The van der Waals surface area contributed by atoms with Crippen LogP contribution in [0.15, 0.2) is 0 Å². The first-order valence-corrected chi connectivity index (χ1v) is 8.12. The van der Waals surface area contributed by atoms with Gasteiger partial charge in [0.25, 0.3) is 0 Å². The molecule has 1 aliphatic heterocycles. The van der Waals surface area contributed by atoms with Crippen LogP contribution in [0, 0.1) is 17.3 Å². The predicted molar refractivity (Wildman–Crippen MR) is 86.1 cm³/mol. The van der Waals surface area contributed by atoms with E-state index in [-0.39, 0.29) is 12.4 Å². The molecule has 2 nitrogen and oxygen atoms in total. The lowest BCUT2D eigenvalue weighted by atomic mass is 9.78. The maximum Gasteiger partial charge on any atom is 0.000802 e. The molecule has 3 heteroatoms. The molecule has 0 aromatic heterocycles. The number of piperidine rings is 1. The van der Waals surface area contributed by atoms with E-state index >= 15 is 0 Å². The molecular formula is C16H33ClN2. The third-order valence-electron chi connectivity index (χ3n) is 4.90. The minimum absolute atomic E-state index is 0. The normalized spacial score (nSPS) is 23.5. The molecule has 2 aliphatic rings. The molecular weight excluding hydrogens is 256 g/mol. The van der Waals surface area contributed by atoms with Gasteiger partial charge in [-0.3, -0.25) is 0 Å². The summed E-state index contributed by atoms with van der Waals surface area (Å²) in [6, 6.07) is 0. The van der Waals surface area contributed by atoms with Crippen LogP contribution in [0.3, 0.4) is 0 Å². The van der Waals surface area contributed by atoms with Crippen molar-refractivity contribution in [1.29, 1.82) is 0 Å². The van der Waals surface area contributed by atoms with E-state index in [1.54, 1.807) is 0 Å². The summed E-state index contributed by atoms with van der Waals surface area (Å²) in [6.45, 7) is 9.74. The first-order valence-electron chi connectivity index (χ1n) is 8.12. The Bertz CT molecular complexity index is 231. The van der Waals surface area contributed by atoms with Crippen LogP contribution >= 0.6 is 12.4 Å². The van der Waals surface area contributed by atoms with Crippen LogP contribution in [-0.4, -0.2) is 26.2 Å². The van der Waals surface area contributed by atoms with Gasteiger partial charge in [0.1, 0.15) is 0 Å². The average Bonchev–Trinajstić information content (AvgIpc) is 2.78. The van der Waals surface area contributed by atoms with E-state index in [1.807, 2.05) is 0 Å². The van der Waals surface area contributed by atoms with Gasteiger partial charge in [-0.2, -0.15) is 0 Å². The van der Waals surface area contributed by atoms with E-state index in [0.717, 1.165) is 11.8 Å². The van der Waals surface area contributed by atoms with Gasteiger partial charge in [-0.1, -0.05) is 26.7 Å². The highest BCUT2D eigenvalue weighted by Gasteiger charge is 2.33. The van der Waals surface area contributed by atoms with Crippen LogP contribution in [0.1, 0.15) is 58.8 Å². The van der Waals surface area contributed by atoms with Crippen LogP contribution in [0.2, 0.25) is 0 Å². The highest BCUT2D eigenvalue weighted by atomic mass is 35.5. The lowest BCUT2D eigenvalue weighted by Crippen LogP contribution is -2.38. The first kappa shape index (κ1) is 17.3. The second kappa shape index (κ2) is 8.49. The number of nitrogens with one attached hydrogen (secondary N) is 2. The maximum absolute atomic E-state index is 3.82. The van der Waals surface area contributed by atoms with Gasteiger partial charge in [0.05, 0.1) is 0 Å². The molecule has 0 amide bonds. The fourth-order valence-electron chi connectivity index (χ4n) is 4.07. The zero-order valence-corrected chi connectivity index (χ0v) is 13.7. The molecule has 0 radical (unpaired) electrons. The van der Waals surface area contributed by atoms with E-state index in [2.05, 4.69) is 24.5 Å². The van der Waals surface area contributed by atoms with Crippen LogP contribution in [-0.2, 0) is 0 Å². The zero-order valence-electron chi connectivity index (χ0n) is 12.8. The standard InChI is InChI=1S/C16H32N2.ClH/c1-14(2)11-16(7-3-4-8-16)13-18-12-15-5-9-17-10-6-15;/h14-15,17-18H,3-13H2,1-2H3;1H. The van der Waals surface area contributed by atoms with E-state index in [1.165, 1.54) is 71.1 Å². The molecule has 0 bridgehead atoms. The Morgan fingerprint density at radius 3 is 2.37 bits per heavy atom. The molecule has 114 valence electrons. The Hall–Kier alpha value is 0.210. The summed E-state index contributed by atoms with van der Waals surface area (Å²) in [6.07, 6.45) is 10.00. The molecule has 0 spiro atoms. The monoisotopic (exact) mass is 288 g/mol. The van der Waals surface area contributed by atoms with Crippen molar-refractivity contribution >= 4 is 12.4 Å². The maximum atomic E-state index is 3.82. The van der Waals surface area contributed by atoms with Gasteiger partial charge in [0.2, 0.25) is 0 Å². The van der Waals surface area contributed by atoms with Crippen molar-refractivity contribution in [3.8, 4) is 0 Å².